The average Bonchev–Trinajstić information content (AvgIpc) is 2.35. The second kappa shape index (κ2) is 6.22. The average molecular weight is 265 g/mol. The van der Waals surface area contributed by atoms with Crippen molar-refractivity contribution in [3.63, 3.8) is 0 Å². The molecule has 0 radical (unpaired) electrons. The maximum Gasteiger partial charge on any atom is 0.335 e. The lowest BCUT2D eigenvalue weighted by Crippen LogP contribution is -2.37. The van der Waals surface area contributed by atoms with Crippen LogP contribution in [0, 0.1) is 5.92 Å². The van der Waals surface area contributed by atoms with E-state index in [-0.39, 0.29) is 11.6 Å². The summed E-state index contributed by atoms with van der Waals surface area (Å²) < 4.78 is 0. The molecule has 5 nitrogen and oxygen atoms in total. The first-order chi connectivity index (χ1) is 8.82. The van der Waals surface area contributed by atoms with Crippen molar-refractivity contribution in [3.05, 3.63) is 29.8 Å². The SMILES string of the molecule is CC(CN(c1cccc(C(=O)O)c1)C(C)C)C(=O)O. The summed E-state index contributed by atoms with van der Waals surface area (Å²) in [6, 6.07) is 6.63. The lowest BCUT2D eigenvalue weighted by atomic mass is 10.1. The molecule has 0 amide bonds. The van der Waals surface area contributed by atoms with Crippen molar-refractivity contribution >= 4 is 17.6 Å². The molecule has 0 bridgehead atoms. The van der Waals surface area contributed by atoms with Crippen LogP contribution in [-0.2, 0) is 4.79 Å². The van der Waals surface area contributed by atoms with Crippen molar-refractivity contribution in [2.24, 2.45) is 5.92 Å². The van der Waals surface area contributed by atoms with Crippen LogP contribution in [0.3, 0.4) is 0 Å². The first-order valence-corrected chi connectivity index (χ1v) is 6.15. The fraction of sp³-hybridized carbons (Fsp3) is 0.429. The smallest absolute Gasteiger partial charge is 0.335 e. The summed E-state index contributed by atoms with van der Waals surface area (Å²) in [7, 11) is 0. The molecule has 1 unspecified atom stereocenters. The summed E-state index contributed by atoms with van der Waals surface area (Å²) >= 11 is 0. The van der Waals surface area contributed by atoms with E-state index >= 15 is 0 Å². The van der Waals surface area contributed by atoms with Crippen molar-refractivity contribution < 1.29 is 19.8 Å². The fourth-order valence-corrected chi connectivity index (χ4v) is 1.81. The summed E-state index contributed by atoms with van der Waals surface area (Å²) in [6.07, 6.45) is 0. The lowest BCUT2D eigenvalue weighted by Gasteiger charge is -2.30. The molecule has 0 saturated heterocycles. The van der Waals surface area contributed by atoms with E-state index in [1.165, 1.54) is 6.07 Å². The molecule has 1 aromatic rings. The highest BCUT2D eigenvalue weighted by Crippen LogP contribution is 2.20. The van der Waals surface area contributed by atoms with Gasteiger partial charge in [-0.1, -0.05) is 13.0 Å². The zero-order valence-electron chi connectivity index (χ0n) is 11.3. The third-order valence-corrected chi connectivity index (χ3v) is 2.94. The largest absolute Gasteiger partial charge is 0.481 e. The normalized spacial score (nSPS) is 12.2. The summed E-state index contributed by atoms with van der Waals surface area (Å²) in [6.45, 7) is 5.87. The second-order valence-corrected chi connectivity index (χ2v) is 4.84. The molecule has 0 fully saturated rings. The minimum atomic E-state index is -0.989. The number of rotatable bonds is 6. The number of aliphatic carboxylic acids is 1. The van der Waals surface area contributed by atoms with Gasteiger partial charge in [0.05, 0.1) is 11.5 Å². The van der Waals surface area contributed by atoms with Crippen LogP contribution in [0.15, 0.2) is 24.3 Å². The van der Waals surface area contributed by atoms with Gasteiger partial charge >= 0.3 is 11.9 Å². The second-order valence-electron chi connectivity index (χ2n) is 4.84. The van der Waals surface area contributed by atoms with Crippen LogP contribution >= 0.6 is 0 Å². The Morgan fingerprint density at radius 2 is 1.84 bits per heavy atom. The number of anilines is 1. The number of hydrogen-bond donors (Lipinski definition) is 2. The first kappa shape index (κ1) is 15.0. The highest BCUT2D eigenvalue weighted by atomic mass is 16.4. The maximum atomic E-state index is 11.0. The molecule has 19 heavy (non-hydrogen) atoms. The Labute approximate surface area is 112 Å². The number of benzene rings is 1. The van der Waals surface area contributed by atoms with E-state index in [1.54, 1.807) is 25.1 Å². The number of aromatic carboxylic acids is 1. The van der Waals surface area contributed by atoms with Gasteiger partial charge in [-0.15, -0.1) is 0 Å². The van der Waals surface area contributed by atoms with Crippen molar-refractivity contribution in [2.45, 2.75) is 26.8 Å². The van der Waals surface area contributed by atoms with Crippen LogP contribution in [0.25, 0.3) is 0 Å². The van der Waals surface area contributed by atoms with Gasteiger partial charge in [-0.2, -0.15) is 0 Å². The minimum absolute atomic E-state index is 0.0887. The Bertz CT molecular complexity index is 470. The summed E-state index contributed by atoms with van der Waals surface area (Å²) in [4.78, 5) is 23.8. The van der Waals surface area contributed by atoms with E-state index in [2.05, 4.69) is 0 Å². The van der Waals surface area contributed by atoms with Gasteiger partial charge in [0.2, 0.25) is 0 Å². The molecule has 104 valence electrons. The molecular formula is C14H19NO4. The molecule has 5 heteroatoms. The fourth-order valence-electron chi connectivity index (χ4n) is 1.81. The lowest BCUT2D eigenvalue weighted by molar-refractivity contribution is -0.140. The molecule has 0 spiro atoms. The molecule has 1 rings (SSSR count). The van der Waals surface area contributed by atoms with Crippen molar-refractivity contribution in [1.29, 1.82) is 0 Å². The molecule has 0 saturated carbocycles. The molecular weight excluding hydrogens is 246 g/mol. The molecule has 1 aromatic carbocycles. The van der Waals surface area contributed by atoms with E-state index < -0.39 is 17.9 Å². The predicted molar refractivity (Wildman–Crippen MR) is 72.7 cm³/mol. The van der Waals surface area contributed by atoms with Gasteiger partial charge in [0, 0.05) is 18.3 Å². The molecule has 0 aromatic heterocycles. The van der Waals surface area contributed by atoms with E-state index in [4.69, 9.17) is 10.2 Å². The summed E-state index contributed by atoms with van der Waals surface area (Å²) in [5.41, 5.74) is 0.925. The Morgan fingerprint density at radius 3 is 2.32 bits per heavy atom. The zero-order chi connectivity index (χ0) is 14.6. The van der Waals surface area contributed by atoms with Crippen LogP contribution in [-0.4, -0.2) is 34.7 Å². The number of carboxylic acids is 2. The van der Waals surface area contributed by atoms with Crippen LogP contribution < -0.4 is 4.90 Å². The monoisotopic (exact) mass is 265 g/mol. The van der Waals surface area contributed by atoms with Gasteiger partial charge in [-0.3, -0.25) is 4.79 Å². The van der Waals surface area contributed by atoms with Crippen LogP contribution in [0.5, 0.6) is 0 Å². The molecule has 0 heterocycles. The molecule has 0 aliphatic carbocycles. The van der Waals surface area contributed by atoms with E-state index in [9.17, 15) is 9.59 Å². The van der Waals surface area contributed by atoms with E-state index in [0.29, 0.717) is 6.54 Å². The quantitative estimate of drug-likeness (QED) is 0.825. The highest BCUT2D eigenvalue weighted by molar-refractivity contribution is 5.88. The summed E-state index contributed by atoms with van der Waals surface area (Å²) in [5, 5.41) is 18.0. The van der Waals surface area contributed by atoms with Gasteiger partial charge in [0.25, 0.3) is 0 Å². The predicted octanol–water partition coefficient (Wildman–Crippen LogP) is 2.32. The minimum Gasteiger partial charge on any atom is -0.481 e. The van der Waals surface area contributed by atoms with Crippen LogP contribution in [0.4, 0.5) is 5.69 Å². The third kappa shape index (κ3) is 3.98. The van der Waals surface area contributed by atoms with Gasteiger partial charge in [0.15, 0.2) is 0 Å². The van der Waals surface area contributed by atoms with Gasteiger partial charge < -0.3 is 15.1 Å². The van der Waals surface area contributed by atoms with Gasteiger partial charge in [-0.25, -0.2) is 4.79 Å². The van der Waals surface area contributed by atoms with E-state index in [1.807, 2.05) is 18.7 Å². The summed E-state index contributed by atoms with van der Waals surface area (Å²) in [5.74, 6) is -2.37. The maximum absolute atomic E-state index is 11.0. The molecule has 0 aliphatic rings. The Hall–Kier alpha value is -2.04. The standard InChI is InChI=1S/C14H19NO4/c1-9(2)15(8-10(3)13(16)17)12-6-4-5-11(7-12)14(18)19/h4-7,9-10H,8H2,1-3H3,(H,16,17)(H,18,19). The zero-order valence-corrected chi connectivity index (χ0v) is 11.3. The topological polar surface area (TPSA) is 77.8 Å². The van der Waals surface area contributed by atoms with Crippen molar-refractivity contribution in [2.75, 3.05) is 11.4 Å². The third-order valence-electron chi connectivity index (χ3n) is 2.94. The number of carboxylic acid groups (broad SMARTS) is 2. The number of hydrogen-bond acceptors (Lipinski definition) is 3. The molecule has 0 aliphatic heterocycles. The number of carbonyl (C=O) groups is 2. The molecule has 2 N–H and O–H groups in total. The Kier molecular flexibility index (Phi) is 4.92. The Balaban J connectivity index is 3.02. The van der Waals surface area contributed by atoms with Crippen molar-refractivity contribution in [3.8, 4) is 0 Å². The highest BCUT2D eigenvalue weighted by Gasteiger charge is 2.19. The van der Waals surface area contributed by atoms with E-state index in [0.717, 1.165) is 5.69 Å². The van der Waals surface area contributed by atoms with Crippen LogP contribution in [0.1, 0.15) is 31.1 Å². The van der Waals surface area contributed by atoms with Crippen LogP contribution in [0.2, 0.25) is 0 Å². The van der Waals surface area contributed by atoms with Crippen molar-refractivity contribution in [1.82, 2.24) is 0 Å². The Morgan fingerprint density at radius 1 is 1.21 bits per heavy atom. The molecule has 1 atom stereocenters. The van der Waals surface area contributed by atoms with Gasteiger partial charge in [-0.05, 0) is 32.0 Å². The first-order valence-electron chi connectivity index (χ1n) is 6.15. The van der Waals surface area contributed by atoms with Gasteiger partial charge in [0.1, 0.15) is 0 Å². The number of nitrogens with zero attached hydrogens (tertiary/aromatic N) is 1.